The maximum atomic E-state index is 12.3. The first kappa shape index (κ1) is 22.2. The molecule has 0 atom stereocenters. The number of hydrogen-bond acceptors (Lipinski definition) is 3. The van der Waals surface area contributed by atoms with E-state index < -0.39 is 5.97 Å². The van der Waals surface area contributed by atoms with Gasteiger partial charge < -0.3 is 9.84 Å². The Morgan fingerprint density at radius 2 is 1.50 bits per heavy atom. The number of ether oxygens (including phenoxy) is 1. The van der Waals surface area contributed by atoms with Gasteiger partial charge in [-0.25, -0.2) is 9.59 Å². The zero-order chi connectivity index (χ0) is 19.2. The quantitative estimate of drug-likeness (QED) is 0.324. The summed E-state index contributed by atoms with van der Waals surface area (Å²) in [6.45, 7) is 4.73. The fourth-order valence-electron chi connectivity index (χ4n) is 3.00. The topological polar surface area (TPSA) is 63.6 Å². The smallest absolute Gasteiger partial charge is 0.338 e. The number of carbonyl (C=O) groups is 2. The lowest BCUT2D eigenvalue weighted by molar-refractivity contribution is 0.0495. The second-order valence-corrected chi connectivity index (χ2v) is 6.89. The van der Waals surface area contributed by atoms with Crippen molar-refractivity contribution >= 4 is 11.9 Å². The van der Waals surface area contributed by atoms with E-state index in [1.807, 2.05) is 0 Å². The summed E-state index contributed by atoms with van der Waals surface area (Å²) in [7, 11) is 0. The van der Waals surface area contributed by atoms with Gasteiger partial charge in [0, 0.05) is 0 Å². The SMILES string of the molecule is CCCCCCCCCc1cc(C(=O)O)ccc1C(=O)OCCCCC. The molecule has 0 aliphatic rings. The molecule has 0 heterocycles. The van der Waals surface area contributed by atoms with Crippen LogP contribution in [-0.2, 0) is 11.2 Å². The Hall–Kier alpha value is -1.84. The molecule has 0 spiro atoms. The highest BCUT2D eigenvalue weighted by atomic mass is 16.5. The second-order valence-electron chi connectivity index (χ2n) is 6.89. The number of hydrogen-bond donors (Lipinski definition) is 1. The Morgan fingerprint density at radius 3 is 2.15 bits per heavy atom. The molecular weight excluding hydrogens is 328 g/mol. The summed E-state index contributed by atoms with van der Waals surface area (Å²) < 4.78 is 5.36. The molecule has 0 saturated carbocycles. The lowest BCUT2D eigenvalue weighted by Gasteiger charge is -2.11. The Labute approximate surface area is 158 Å². The average Bonchev–Trinajstić information content (AvgIpc) is 2.64. The van der Waals surface area contributed by atoms with Crippen LogP contribution in [0.3, 0.4) is 0 Å². The highest BCUT2D eigenvalue weighted by molar-refractivity contribution is 5.94. The number of aryl methyl sites for hydroxylation is 1. The number of carboxylic acid groups (broad SMARTS) is 1. The van der Waals surface area contributed by atoms with Gasteiger partial charge in [0.15, 0.2) is 0 Å². The average molecular weight is 363 g/mol. The zero-order valence-corrected chi connectivity index (χ0v) is 16.4. The number of benzene rings is 1. The van der Waals surface area contributed by atoms with E-state index in [0.29, 0.717) is 18.6 Å². The summed E-state index contributed by atoms with van der Waals surface area (Å²) in [6, 6.07) is 4.71. The van der Waals surface area contributed by atoms with Crippen molar-refractivity contribution in [3.8, 4) is 0 Å². The largest absolute Gasteiger partial charge is 0.478 e. The Morgan fingerprint density at radius 1 is 0.885 bits per heavy atom. The minimum absolute atomic E-state index is 0.227. The summed E-state index contributed by atoms with van der Waals surface area (Å²) in [5.41, 5.74) is 1.53. The first-order chi connectivity index (χ1) is 12.6. The van der Waals surface area contributed by atoms with Gasteiger partial charge in [-0.2, -0.15) is 0 Å². The number of unbranched alkanes of at least 4 members (excludes halogenated alkanes) is 8. The molecule has 0 saturated heterocycles. The van der Waals surface area contributed by atoms with Gasteiger partial charge in [0.1, 0.15) is 0 Å². The number of aromatic carboxylic acids is 1. The van der Waals surface area contributed by atoms with E-state index in [1.54, 1.807) is 12.1 Å². The number of rotatable bonds is 14. The zero-order valence-electron chi connectivity index (χ0n) is 16.4. The van der Waals surface area contributed by atoms with Crippen molar-refractivity contribution in [1.82, 2.24) is 0 Å². The van der Waals surface area contributed by atoms with Crippen molar-refractivity contribution in [3.63, 3.8) is 0 Å². The van der Waals surface area contributed by atoms with Crippen molar-refractivity contribution in [2.75, 3.05) is 6.61 Å². The molecule has 0 aliphatic carbocycles. The van der Waals surface area contributed by atoms with Crippen LogP contribution in [0.4, 0.5) is 0 Å². The molecule has 146 valence electrons. The van der Waals surface area contributed by atoms with Crippen molar-refractivity contribution in [2.45, 2.75) is 84.5 Å². The molecule has 26 heavy (non-hydrogen) atoms. The van der Waals surface area contributed by atoms with Crippen LogP contribution in [0.5, 0.6) is 0 Å². The molecule has 4 nitrogen and oxygen atoms in total. The molecule has 0 unspecified atom stereocenters. The molecule has 1 N–H and O–H groups in total. The molecule has 4 heteroatoms. The van der Waals surface area contributed by atoms with E-state index in [2.05, 4.69) is 13.8 Å². The molecule has 0 radical (unpaired) electrons. The fraction of sp³-hybridized carbons (Fsp3) is 0.636. The molecule has 0 bridgehead atoms. The van der Waals surface area contributed by atoms with Gasteiger partial charge in [0.05, 0.1) is 17.7 Å². The van der Waals surface area contributed by atoms with Gasteiger partial charge in [-0.15, -0.1) is 0 Å². The Kier molecular flexibility index (Phi) is 11.4. The van der Waals surface area contributed by atoms with Gasteiger partial charge in [-0.3, -0.25) is 0 Å². The molecule has 1 rings (SSSR count). The molecule has 1 aromatic rings. The van der Waals surface area contributed by atoms with Crippen molar-refractivity contribution in [1.29, 1.82) is 0 Å². The van der Waals surface area contributed by atoms with E-state index in [1.165, 1.54) is 38.2 Å². The normalized spacial score (nSPS) is 10.7. The summed E-state index contributed by atoms with van der Waals surface area (Å²) in [5, 5.41) is 9.22. The van der Waals surface area contributed by atoms with Crippen LogP contribution in [0.25, 0.3) is 0 Å². The van der Waals surface area contributed by atoms with Crippen LogP contribution in [0.1, 0.15) is 104 Å². The molecule has 1 aromatic carbocycles. The lowest BCUT2D eigenvalue weighted by Crippen LogP contribution is -2.11. The van der Waals surface area contributed by atoms with E-state index in [4.69, 9.17) is 4.74 Å². The van der Waals surface area contributed by atoms with Gasteiger partial charge in [0.25, 0.3) is 0 Å². The lowest BCUT2D eigenvalue weighted by atomic mass is 9.98. The maximum absolute atomic E-state index is 12.3. The number of carbonyl (C=O) groups excluding carboxylic acids is 1. The predicted molar refractivity (Wildman–Crippen MR) is 105 cm³/mol. The van der Waals surface area contributed by atoms with Gasteiger partial charge >= 0.3 is 11.9 Å². The van der Waals surface area contributed by atoms with Crippen molar-refractivity contribution in [2.24, 2.45) is 0 Å². The fourth-order valence-corrected chi connectivity index (χ4v) is 3.00. The molecular formula is C22H34O4. The number of esters is 1. The molecule has 0 aromatic heterocycles. The standard InChI is InChI=1S/C22H34O4/c1-3-5-7-8-9-10-11-13-18-17-19(21(23)24)14-15-20(18)22(25)26-16-12-6-4-2/h14-15,17H,3-13,16H2,1-2H3,(H,23,24). The minimum Gasteiger partial charge on any atom is -0.478 e. The summed E-state index contributed by atoms with van der Waals surface area (Å²) in [5.74, 6) is -1.30. The first-order valence-electron chi connectivity index (χ1n) is 10.1. The third-order valence-corrected chi connectivity index (χ3v) is 4.60. The predicted octanol–water partition coefficient (Wildman–Crippen LogP) is 6.02. The summed E-state index contributed by atoms with van der Waals surface area (Å²) in [4.78, 5) is 23.6. The van der Waals surface area contributed by atoms with Crippen LogP contribution in [0.2, 0.25) is 0 Å². The minimum atomic E-state index is -0.964. The van der Waals surface area contributed by atoms with E-state index >= 15 is 0 Å². The van der Waals surface area contributed by atoms with Crippen LogP contribution in [0.15, 0.2) is 18.2 Å². The second kappa shape index (κ2) is 13.4. The number of carboxylic acids is 1. The van der Waals surface area contributed by atoms with Crippen LogP contribution in [-0.4, -0.2) is 23.7 Å². The molecule has 0 aliphatic heterocycles. The highest BCUT2D eigenvalue weighted by Crippen LogP contribution is 2.18. The van der Waals surface area contributed by atoms with Gasteiger partial charge in [-0.05, 0) is 43.0 Å². The molecule has 0 amide bonds. The monoisotopic (exact) mass is 362 g/mol. The highest BCUT2D eigenvalue weighted by Gasteiger charge is 2.15. The first-order valence-corrected chi connectivity index (χ1v) is 10.1. The third-order valence-electron chi connectivity index (χ3n) is 4.60. The van der Waals surface area contributed by atoms with Crippen molar-refractivity contribution < 1.29 is 19.4 Å². The van der Waals surface area contributed by atoms with E-state index in [0.717, 1.165) is 37.7 Å². The Balaban J connectivity index is 2.62. The van der Waals surface area contributed by atoms with E-state index in [9.17, 15) is 14.7 Å². The van der Waals surface area contributed by atoms with Crippen LogP contribution >= 0.6 is 0 Å². The van der Waals surface area contributed by atoms with Crippen molar-refractivity contribution in [3.05, 3.63) is 34.9 Å². The third kappa shape index (κ3) is 8.50. The summed E-state index contributed by atoms with van der Waals surface area (Å²) >= 11 is 0. The van der Waals surface area contributed by atoms with Gasteiger partial charge in [0.2, 0.25) is 0 Å². The van der Waals surface area contributed by atoms with Crippen LogP contribution in [0, 0.1) is 0 Å². The van der Waals surface area contributed by atoms with Gasteiger partial charge in [-0.1, -0.05) is 65.2 Å². The van der Waals surface area contributed by atoms with E-state index in [-0.39, 0.29) is 11.5 Å². The maximum Gasteiger partial charge on any atom is 0.338 e. The molecule has 0 fully saturated rings. The van der Waals surface area contributed by atoms with Crippen LogP contribution < -0.4 is 0 Å². The Bertz CT molecular complexity index is 551. The summed E-state index contributed by atoms with van der Waals surface area (Å²) in [6.07, 6.45) is 12.0.